The zero-order valence-electron chi connectivity index (χ0n) is 13.2. The highest BCUT2D eigenvalue weighted by Gasteiger charge is 2.18. The monoisotopic (exact) mass is 383 g/mol. The second kappa shape index (κ2) is 8.17. The molecule has 3 nitrogen and oxygen atoms in total. The van der Waals surface area contributed by atoms with Gasteiger partial charge in [-0.25, -0.2) is 8.78 Å². The molecule has 1 saturated heterocycles. The second-order valence-electron chi connectivity index (χ2n) is 5.69. The average Bonchev–Trinajstić information content (AvgIpc) is 2.61. The number of benzene rings is 2. The molecular formula is C18H16ClF2NO2S. The summed E-state index contributed by atoms with van der Waals surface area (Å²) in [6.45, 7) is 1.32. The second-order valence-corrected chi connectivity index (χ2v) is 7.43. The minimum atomic E-state index is -0.560. The SMILES string of the molecule is O=C(Nc1ccc(F)c(Cl)c1)c1ccc(F)c(SC2CCCOC2)c1. The third-order valence-electron chi connectivity index (χ3n) is 3.78. The highest BCUT2D eigenvalue weighted by Crippen LogP contribution is 2.31. The molecular weight excluding hydrogens is 368 g/mol. The molecule has 1 atom stereocenters. The Labute approximate surface area is 153 Å². The minimum Gasteiger partial charge on any atom is -0.380 e. The summed E-state index contributed by atoms with van der Waals surface area (Å²) in [7, 11) is 0. The highest BCUT2D eigenvalue weighted by atomic mass is 35.5. The lowest BCUT2D eigenvalue weighted by atomic mass is 10.2. The van der Waals surface area contributed by atoms with Gasteiger partial charge in [0, 0.05) is 28.0 Å². The van der Waals surface area contributed by atoms with E-state index in [0.29, 0.717) is 22.8 Å². The maximum Gasteiger partial charge on any atom is 0.255 e. The van der Waals surface area contributed by atoms with Crippen LogP contribution in [0.1, 0.15) is 23.2 Å². The largest absolute Gasteiger partial charge is 0.380 e. The quantitative estimate of drug-likeness (QED) is 0.794. The van der Waals surface area contributed by atoms with E-state index in [0.717, 1.165) is 19.4 Å². The topological polar surface area (TPSA) is 38.3 Å². The van der Waals surface area contributed by atoms with Crippen LogP contribution in [0.5, 0.6) is 0 Å². The highest BCUT2D eigenvalue weighted by molar-refractivity contribution is 8.00. The fourth-order valence-corrected chi connectivity index (χ4v) is 3.86. The lowest BCUT2D eigenvalue weighted by Gasteiger charge is -2.21. The number of halogens is 3. The molecule has 7 heteroatoms. The first-order valence-electron chi connectivity index (χ1n) is 7.83. The zero-order valence-corrected chi connectivity index (χ0v) is 14.8. The number of carbonyl (C=O) groups is 1. The molecule has 3 rings (SSSR count). The Balaban J connectivity index is 1.73. The van der Waals surface area contributed by atoms with Crippen molar-refractivity contribution in [3.05, 3.63) is 58.6 Å². The van der Waals surface area contributed by atoms with Gasteiger partial charge in [-0.3, -0.25) is 4.79 Å². The predicted molar refractivity (Wildman–Crippen MR) is 95.5 cm³/mol. The number of carbonyl (C=O) groups excluding carboxylic acids is 1. The van der Waals surface area contributed by atoms with E-state index in [9.17, 15) is 13.6 Å². The number of nitrogens with one attached hydrogen (secondary N) is 1. The van der Waals surface area contributed by atoms with E-state index < -0.39 is 11.7 Å². The molecule has 1 unspecified atom stereocenters. The molecule has 0 spiro atoms. The summed E-state index contributed by atoms with van der Waals surface area (Å²) >= 11 is 7.09. The van der Waals surface area contributed by atoms with Crippen LogP contribution in [0.4, 0.5) is 14.5 Å². The summed E-state index contributed by atoms with van der Waals surface area (Å²) in [5, 5.41) is 2.73. The van der Waals surface area contributed by atoms with E-state index in [-0.39, 0.29) is 16.1 Å². The Bertz CT molecular complexity index is 782. The number of anilines is 1. The third kappa shape index (κ3) is 4.71. The fraction of sp³-hybridized carbons (Fsp3) is 0.278. The molecule has 1 aliphatic heterocycles. The molecule has 1 N–H and O–H groups in total. The number of hydrogen-bond acceptors (Lipinski definition) is 3. The van der Waals surface area contributed by atoms with Gasteiger partial charge in [0.25, 0.3) is 5.91 Å². The van der Waals surface area contributed by atoms with Gasteiger partial charge in [-0.2, -0.15) is 0 Å². The summed E-state index contributed by atoms with van der Waals surface area (Å²) in [5.41, 5.74) is 0.691. The Hall–Kier alpha value is -1.63. The Morgan fingerprint density at radius 1 is 1.20 bits per heavy atom. The molecule has 0 radical (unpaired) electrons. The van der Waals surface area contributed by atoms with Crippen LogP contribution < -0.4 is 5.32 Å². The van der Waals surface area contributed by atoms with Gasteiger partial charge >= 0.3 is 0 Å². The summed E-state index contributed by atoms with van der Waals surface area (Å²) < 4.78 is 32.6. The zero-order chi connectivity index (χ0) is 17.8. The van der Waals surface area contributed by atoms with Crippen LogP contribution in [-0.2, 0) is 4.74 Å². The van der Waals surface area contributed by atoms with Gasteiger partial charge in [0.15, 0.2) is 0 Å². The van der Waals surface area contributed by atoms with Crippen LogP contribution in [0.25, 0.3) is 0 Å². The van der Waals surface area contributed by atoms with Crippen LogP contribution in [-0.4, -0.2) is 24.4 Å². The molecule has 2 aromatic carbocycles. The summed E-state index contributed by atoms with van der Waals surface area (Å²) in [4.78, 5) is 12.8. The van der Waals surface area contributed by atoms with Gasteiger partial charge < -0.3 is 10.1 Å². The first-order chi connectivity index (χ1) is 12.0. The van der Waals surface area contributed by atoms with Crippen LogP contribution >= 0.6 is 23.4 Å². The maximum atomic E-state index is 14.1. The first-order valence-corrected chi connectivity index (χ1v) is 9.09. The van der Waals surface area contributed by atoms with Crippen LogP contribution in [0.2, 0.25) is 5.02 Å². The predicted octanol–water partition coefficient (Wildman–Crippen LogP) is 5.14. The number of hydrogen-bond donors (Lipinski definition) is 1. The molecule has 0 saturated carbocycles. The standard InChI is InChI=1S/C18H16ClF2NO2S/c19-14-9-12(4-6-15(14)20)22-18(23)11-3-5-16(21)17(8-11)25-13-2-1-7-24-10-13/h3-6,8-9,13H,1-2,7,10H2,(H,22,23). The molecule has 1 aliphatic rings. The van der Waals surface area contributed by atoms with E-state index in [1.807, 2.05) is 0 Å². The van der Waals surface area contributed by atoms with Gasteiger partial charge in [0.05, 0.1) is 11.6 Å². The maximum absolute atomic E-state index is 14.1. The fourth-order valence-electron chi connectivity index (χ4n) is 2.50. The Morgan fingerprint density at radius 3 is 2.72 bits per heavy atom. The average molecular weight is 384 g/mol. The van der Waals surface area contributed by atoms with E-state index in [2.05, 4.69) is 5.32 Å². The van der Waals surface area contributed by atoms with Gasteiger partial charge in [0.1, 0.15) is 11.6 Å². The molecule has 132 valence electrons. The molecule has 1 heterocycles. The van der Waals surface area contributed by atoms with Crippen molar-refractivity contribution in [2.24, 2.45) is 0 Å². The van der Waals surface area contributed by atoms with Crippen molar-refractivity contribution < 1.29 is 18.3 Å². The molecule has 1 fully saturated rings. The molecule has 2 aromatic rings. The van der Waals surface area contributed by atoms with Gasteiger partial charge in [0.2, 0.25) is 0 Å². The van der Waals surface area contributed by atoms with E-state index >= 15 is 0 Å². The van der Waals surface area contributed by atoms with Crippen molar-refractivity contribution in [2.75, 3.05) is 18.5 Å². The minimum absolute atomic E-state index is 0.0783. The molecule has 1 amide bonds. The molecule has 0 aromatic heterocycles. The lowest BCUT2D eigenvalue weighted by Crippen LogP contribution is -2.19. The first kappa shape index (κ1) is 18.2. The third-order valence-corrected chi connectivity index (χ3v) is 5.34. The van der Waals surface area contributed by atoms with Crippen molar-refractivity contribution in [2.45, 2.75) is 23.0 Å². The summed E-state index contributed by atoms with van der Waals surface area (Å²) in [6.07, 6.45) is 1.90. The summed E-state index contributed by atoms with van der Waals surface area (Å²) in [5.74, 6) is -1.34. The van der Waals surface area contributed by atoms with E-state index in [1.54, 1.807) is 0 Å². The van der Waals surface area contributed by atoms with E-state index in [1.165, 1.54) is 48.2 Å². The van der Waals surface area contributed by atoms with Gasteiger partial charge in [-0.1, -0.05) is 11.6 Å². The molecule has 0 aliphatic carbocycles. The van der Waals surface area contributed by atoms with Crippen LogP contribution in [0, 0.1) is 11.6 Å². The molecule has 25 heavy (non-hydrogen) atoms. The normalized spacial score (nSPS) is 17.3. The van der Waals surface area contributed by atoms with Crippen molar-refractivity contribution >= 4 is 35.0 Å². The number of thioether (sulfide) groups is 1. The van der Waals surface area contributed by atoms with Crippen LogP contribution in [0.15, 0.2) is 41.3 Å². The van der Waals surface area contributed by atoms with Crippen molar-refractivity contribution in [1.29, 1.82) is 0 Å². The number of rotatable bonds is 4. The Kier molecular flexibility index (Phi) is 5.93. The van der Waals surface area contributed by atoms with Crippen LogP contribution in [0.3, 0.4) is 0 Å². The van der Waals surface area contributed by atoms with Crippen molar-refractivity contribution in [1.82, 2.24) is 0 Å². The smallest absolute Gasteiger partial charge is 0.255 e. The Morgan fingerprint density at radius 2 is 2.00 bits per heavy atom. The van der Waals surface area contributed by atoms with Crippen molar-refractivity contribution in [3.8, 4) is 0 Å². The molecule has 0 bridgehead atoms. The van der Waals surface area contributed by atoms with E-state index in [4.69, 9.17) is 16.3 Å². The van der Waals surface area contributed by atoms with Crippen molar-refractivity contribution in [3.63, 3.8) is 0 Å². The number of ether oxygens (including phenoxy) is 1. The van der Waals surface area contributed by atoms with Gasteiger partial charge in [-0.05, 0) is 49.2 Å². The number of amides is 1. The summed E-state index contributed by atoms with van der Waals surface area (Å²) in [6, 6.07) is 8.13. The van der Waals surface area contributed by atoms with Gasteiger partial charge in [-0.15, -0.1) is 11.8 Å². The lowest BCUT2D eigenvalue weighted by molar-refractivity contribution is 0.101.